The van der Waals surface area contributed by atoms with Crippen molar-refractivity contribution in [1.29, 1.82) is 0 Å². The maximum Gasteiger partial charge on any atom is 0.241 e. The highest BCUT2D eigenvalue weighted by Gasteiger charge is 2.21. The summed E-state index contributed by atoms with van der Waals surface area (Å²) in [6.45, 7) is 6.26. The number of nitrogens with zero attached hydrogens (tertiary/aromatic N) is 3. The average molecular weight is 387 g/mol. The molecule has 1 fully saturated rings. The van der Waals surface area contributed by atoms with E-state index in [2.05, 4.69) is 15.4 Å². The minimum Gasteiger partial charge on any atom is -0.376 e. The SMILES string of the molecule is Cc1cc(CN2CCN(C(=O)CNc3ccccc3)CC2)no1.Cl.Cl. The summed E-state index contributed by atoms with van der Waals surface area (Å²) in [5, 5.41) is 7.19. The smallest absolute Gasteiger partial charge is 0.241 e. The van der Waals surface area contributed by atoms with Gasteiger partial charge < -0.3 is 14.7 Å². The van der Waals surface area contributed by atoms with Crippen LogP contribution in [0, 0.1) is 6.92 Å². The van der Waals surface area contributed by atoms with Gasteiger partial charge in [0.25, 0.3) is 0 Å². The number of carbonyl (C=O) groups is 1. The van der Waals surface area contributed by atoms with E-state index in [1.54, 1.807) is 0 Å². The first-order valence-corrected chi connectivity index (χ1v) is 7.92. The van der Waals surface area contributed by atoms with E-state index in [1.807, 2.05) is 48.2 Å². The summed E-state index contributed by atoms with van der Waals surface area (Å²) in [4.78, 5) is 16.5. The van der Waals surface area contributed by atoms with Crippen molar-refractivity contribution in [2.24, 2.45) is 0 Å². The lowest BCUT2D eigenvalue weighted by atomic mass is 10.2. The van der Waals surface area contributed by atoms with E-state index in [0.29, 0.717) is 6.54 Å². The van der Waals surface area contributed by atoms with E-state index in [1.165, 1.54) is 0 Å². The fourth-order valence-corrected chi connectivity index (χ4v) is 2.72. The molecular formula is C17H24Cl2N4O2. The maximum atomic E-state index is 12.3. The van der Waals surface area contributed by atoms with Crippen LogP contribution in [0.15, 0.2) is 40.9 Å². The second kappa shape index (κ2) is 10.3. The van der Waals surface area contributed by atoms with Gasteiger partial charge in [-0.3, -0.25) is 9.69 Å². The van der Waals surface area contributed by atoms with Crippen molar-refractivity contribution < 1.29 is 9.32 Å². The van der Waals surface area contributed by atoms with Crippen molar-refractivity contribution in [3.05, 3.63) is 47.9 Å². The molecule has 0 unspecified atom stereocenters. The quantitative estimate of drug-likeness (QED) is 0.855. The Labute approximate surface area is 160 Å². The van der Waals surface area contributed by atoms with Gasteiger partial charge in [0.05, 0.1) is 12.2 Å². The summed E-state index contributed by atoms with van der Waals surface area (Å²) in [5.74, 6) is 0.978. The molecule has 1 amide bonds. The van der Waals surface area contributed by atoms with Crippen molar-refractivity contribution in [3.8, 4) is 0 Å². The molecular weight excluding hydrogens is 363 g/mol. The molecule has 0 spiro atoms. The Morgan fingerprint density at radius 3 is 2.44 bits per heavy atom. The summed E-state index contributed by atoms with van der Waals surface area (Å²) < 4.78 is 5.09. The van der Waals surface area contributed by atoms with E-state index >= 15 is 0 Å². The zero-order chi connectivity index (χ0) is 16.1. The number of aromatic nitrogens is 1. The fourth-order valence-electron chi connectivity index (χ4n) is 2.72. The first-order valence-electron chi connectivity index (χ1n) is 7.92. The zero-order valence-corrected chi connectivity index (χ0v) is 15.8. The third-order valence-electron chi connectivity index (χ3n) is 4.00. The molecule has 2 heterocycles. The van der Waals surface area contributed by atoms with E-state index in [4.69, 9.17) is 4.52 Å². The summed E-state index contributed by atoms with van der Waals surface area (Å²) >= 11 is 0. The van der Waals surface area contributed by atoms with Crippen LogP contribution in [-0.2, 0) is 11.3 Å². The highest BCUT2D eigenvalue weighted by molar-refractivity contribution is 5.85. The minimum atomic E-state index is 0. The lowest BCUT2D eigenvalue weighted by Gasteiger charge is -2.34. The second-order valence-corrected chi connectivity index (χ2v) is 5.81. The van der Waals surface area contributed by atoms with E-state index in [-0.39, 0.29) is 30.7 Å². The Balaban J connectivity index is 0.00000156. The summed E-state index contributed by atoms with van der Waals surface area (Å²) in [6, 6.07) is 11.8. The molecule has 25 heavy (non-hydrogen) atoms. The Morgan fingerprint density at radius 2 is 1.84 bits per heavy atom. The Hall–Kier alpha value is -1.76. The van der Waals surface area contributed by atoms with Gasteiger partial charge in [-0.15, -0.1) is 24.8 Å². The van der Waals surface area contributed by atoms with Crippen LogP contribution < -0.4 is 5.32 Å². The number of amides is 1. The third kappa shape index (κ3) is 6.23. The molecule has 1 aromatic heterocycles. The number of nitrogens with one attached hydrogen (secondary N) is 1. The molecule has 0 saturated carbocycles. The molecule has 1 aliphatic rings. The first-order chi connectivity index (χ1) is 11.2. The van der Waals surface area contributed by atoms with Crippen LogP contribution in [0.2, 0.25) is 0 Å². The van der Waals surface area contributed by atoms with Crippen LogP contribution in [0.5, 0.6) is 0 Å². The lowest BCUT2D eigenvalue weighted by Crippen LogP contribution is -2.49. The van der Waals surface area contributed by atoms with Gasteiger partial charge in [-0.25, -0.2) is 0 Å². The lowest BCUT2D eigenvalue weighted by molar-refractivity contribution is -0.131. The Bertz CT molecular complexity index is 643. The van der Waals surface area contributed by atoms with Crippen molar-refractivity contribution in [1.82, 2.24) is 15.0 Å². The van der Waals surface area contributed by atoms with Crippen molar-refractivity contribution >= 4 is 36.4 Å². The molecule has 3 rings (SSSR count). The number of rotatable bonds is 5. The van der Waals surface area contributed by atoms with E-state index < -0.39 is 0 Å². The molecule has 2 aromatic rings. The average Bonchev–Trinajstić information content (AvgIpc) is 2.99. The van der Waals surface area contributed by atoms with Gasteiger partial charge >= 0.3 is 0 Å². The molecule has 1 N–H and O–H groups in total. The standard InChI is InChI=1S/C17H22N4O2.2ClH/c1-14-11-16(19-23-14)13-20-7-9-21(10-8-20)17(22)12-18-15-5-3-2-4-6-15;;/h2-6,11,18H,7-10,12-13H2,1H3;2*1H. The van der Waals surface area contributed by atoms with Gasteiger partial charge in [0.2, 0.25) is 5.91 Å². The van der Waals surface area contributed by atoms with Gasteiger partial charge in [-0.05, 0) is 19.1 Å². The molecule has 1 aliphatic heterocycles. The topological polar surface area (TPSA) is 61.6 Å². The molecule has 0 atom stereocenters. The number of hydrogen-bond acceptors (Lipinski definition) is 5. The van der Waals surface area contributed by atoms with Crippen LogP contribution >= 0.6 is 24.8 Å². The van der Waals surface area contributed by atoms with Crippen molar-refractivity contribution in [3.63, 3.8) is 0 Å². The Morgan fingerprint density at radius 1 is 1.16 bits per heavy atom. The number of carbonyl (C=O) groups excluding carboxylic acids is 1. The molecule has 138 valence electrons. The molecule has 0 radical (unpaired) electrons. The fraction of sp³-hybridized carbons (Fsp3) is 0.412. The number of hydrogen-bond donors (Lipinski definition) is 1. The molecule has 6 nitrogen and oxygen atoms in total. The van der Waals surface area contributed by atoms with Crippen molar-refractivity contribution in [2.75, 3.05) is 38.0 Å². The Kier molecular flexibility index (Phi) is 8.75. The monoisotopic (exact) mass is 386 g/mol. The normalized spacial score (nSPS) is 14.4. The van der Waals surface area contributed by atoms with Gasteiger partial charge in [0.1, 0.15) is 5.76 Å². The van der Waals surface area contributed by atoms with Crippen molar-refractivity contribution in [2.45, 2.75) is 13.5 Å². The van der Waals surface area contributed by atoms with Crippen LogP contribution in [-0.4, -0.2) is 53.6 Å². The predicted octanol–water partition coefficient (Wildman–Crippen LogP) is 2.58. The van der Waals surface area contributed by atoms with Gasteiger partial charge in [-0.2, -0.15) is 0 Å². The number of halogens is 2. The second-order valence-electron chi connectivity index (χ2n) is 5.81. The van der Waals surface area contributed by atoms with Crippen LogP contribution in [0.25, 0.3) is 0 Å². The molecule has 0 aliphatic carbocycles. The summed E-state index contributed by atoms with van der Waals surface area (Å²) in [7, 11) is 0. The highest BCUT2D eigenvalue weighted by atomic mass is 35.5. The number of para-hydroxylation sites is 1. The minimum absolute atomic E-state index is 0. The van der Waals surface area contributed by atoms with E-state index in [9.17, 15) is 4.79 Å². The molecule has 1 aromatic carbocycles. The van der Waals surface area contributed by atoms with E-state index in [0.717, 1.165) is 49.9 Å². The number of piperazine rings is 1. The largest absolute Gasteiger partial charge is 0.376 e. The predicted molar refractivity (Wildman–Crippen MR) is 103 cm³/mol. The molecule has 8 heteroatoms. The van der Waals surface area contributed by atoms with Gasteiger partial charge in [-0.1, -0.05) is 23.4 Å². The number of aryl methyl sites for hydroxylation is 1. The summed E-state index contributed by atoms with van der Waals surface area (Å²) in [6.07, 6.45) is 0. The summed E-state index contributed by atoms with van der Waals surface area (Å²) in [5.41, 5.74) is 1.92. The molecule has 1 saturated heterocycles. The van der Waals surface area contributed by atoms with Gasteiger partial charge in [0.15, 0.2) is 0 Å². The number of anilines is 1. The van der Waals surface area contributed by atoms with Crippen LogP contribution in [0.1, 0.15) is 11.5 Å². The highest BCUT2D eigenvalue weighted by Crippen LogP contribution is 2.10. The zero-order valence-electron chi connectivity index (χ0n) is 14.2. The number of benzene rings is 1. The third-order valence-corrected chi connectivity index (χ3v) is 4.00. The first kappa shape index (κ1) is 21.3. The van der Waals surface area contributed by atoms with Crippen LogP contribution in [0.4, 0.5) is 5.69 Å². The van der Waals surface area contributed by atoms with Gasteiger partial charge in [0, 0.05) is 44.5 Å². The molecule has 0 bridgehead atoms. The maximum absolute atomic E-state index is 12.3. The van der Waals surface area contributed by atoms with Crippen LogP contribution in [0.3, 0.4) is 0 Å².